The highest BCUT2D eigenvalue weighted by Gasteiger charge is 2.02. The number of aromatic nitrogens is 1. The van der Waals surface area contributed by atoms with E-state index < -0.39 is 0 Å². The van der Waals surface area contributed by atoms with Gasteiger partial charge in [-0.25, -0.2) is 10.8 Å². The van der Waals surface area contributed by atoms with Crippen molar-refractivity contribution in [3.63, 3.8) is 0 Å². The zero-order chi connectivity index (χ0) is 11.8. The van der Waals surface area contributed by atoms with E-state index in [1.807, 2.05) is 25.2 Å². The highest BCUT2D eigenvalue weighted by Crippen LogP contribution is 2.12. The minimum Gasteiger partial charge on any atom is -0.396 e. The summed E-state index contributed by atoms with van der Waals surface area (Å²) in [6.07, 6.45) is 2.96. The Balaban J connectivity index is 2.42. The van der Waals surface area contributed by atoms with Crippen LogP contribution in [0, 0.1) is 0 Å². The molecule has 1 aromatic heterocycles. The SMILES string of the molecule is CN(CCCCCO)c1cccc(NN)n1. The minimum atomic E-state index is 0.272. The first-order valence-electron chi connectivity index (χ1n) is 5.53. The van der Waals surface area contributed by atoms with E-state index in [9.17, 15) is 0 Å². The van der Waals surface area contributed by atoms with Crippen molar-refractivity contribution in [1.29, 1.82) is 0 Å². The van der Waals surface area contributed by atoms with Crippen LogP contribution in [0.2, 0.25) is 0 Å². The number of nitrogens with two attached hydrogens (primary N) is 1. The van der Waals surface area contributed by atoms with Crippen LogP contribution < -0.4 is 16.2 Å². The maximum absolute atomic E-state index is 8.67. The average Bonchev–Trinajstić information content (AvgIpc) is 2.34. The largest absolute Gasteiger partial charge is 0.396 e. The Kier molecular flexibility index (Phi) is 5.60. The van der Waals surface area contributed by atoms with Gasteiger partial charge in [-0.3, -0.25) is 0 Å². The second-order valence-electron chi connectivity index (χ2n) is 3.73. The van der Waals surface area contributed by atoms with Crippen LogP contribution in [0.25, 0.3) is 0 Å². The van der Waals surface area contributed by atoms with Crippen LogP contribution in [0.3, 0.4) is 0 Å². The molecule has 0 radical (unpaired) electrons. The summed E-state index contributed by atoms with van der Waals surface area (Å²) < 4.78 is 0. The molecule has 1 aromatic rings. The van der Waals surface area contributed by atoms with E-state index in [-0.39, 0.29) is 6.61 Å². The molecule has 0 aliphatic rings. The summed E-state index contributed by atoms with van der Waals surface area (Å²) in [6.45, 7) is 1.20. The van der Waals surface area contributed by atoms with Gasteiger partial charge in [-0.1, -0.05) is 6.07 Å². The van der Waals surface area contributed by atoms with Gasteiger partial charge < -0.3 is 15.4 Å². The molecule has 0 saturated carbocycles. The molecule has 5 nitrogen and oxygen atoms in total. The molecule has 0 aliphatic carbocycles. The van der Waals surface area contributed by atoms with Gasteiger partial charge in [0.2, 0.25) is 0 Å². The quantitative estimate of drug-likeness (QED) is 0.365. The van der Waals surface area contributed by atoms with E-state index in [1.54, 1.807) is 0 Å². The Morgan fingerprint density at radius 2 is 2.19 bits per heavy atom. The number of nitrogens with one attached hydrogen (secondary N) is 1. The summed E-state index contributed by atoms with van der Waals surface area (Å²) in [6, 6.07) is 5.69. The van der Waals surface area contributed by atoms with Crippen molar-refractivity contribution in [3.05, 3.63) is 18.2 Å². The summed E-state index contributed by atoms with van der Waals surface area (Å²) in [5.74, 6) is 6.87. The predicted octanol–water partition coefficient (Wildman–Crippen LogP) is 0.966. The van der Waals surface area contributed by atoms with Crippen LogP contribution in [0.15, 0.2) is 18.2 Å². The van der Waals surface area contributed by atoms with Crippen molar-refractivity contribution >= 4 is 11.6 Å². The number of nitrogen functional groups attached to an aromatic ring is 1. The standard InChI is InChI=1S/C11H20N4O/c1-15(8-3-2-4-9-16)11-7-5-6-10(13-11)14-12/h5-7,16H,2-4,8-9,12H2,1H3,(H,13,14). The zero-order valence-corrected chi connectivity index (χ0v) is 9.69. The van der Waals surface area contributed by atoms with Gasteiger partial charge in [0.1, 0.15) is 11.6 Å². The number of aliphatic hydroxyl groups excluding tert-OH is 1. The lowest BCUT2D eigenvalue weighted by molar-refractivity contribution is 0.283. The van der Waals surface area contributed by atoms with Crippen LogP contribution >= 0.6 is 0 Å². The minimum absolute atomic E-state index is 0.272. The van der Waals surface area contributed by atoms with E-state index in [0.29, 0.717) is 5.82 Å². The number of anilines is 2. The molecule has 0 saturated heterocycles. The van der Waals surface area contributed by atoms with E-state index in [0.717, 1.165) is 31.6 Å². The van der Waals surface area contributed by atoms with Gasteiger partial charge in [0.05, 0.1) is 0 Å². The Morgan fingerprint density at radius 1 is 1.38 bits per heavy atom. The van der Waals surface area contributed by atoms with Crippen molar-refractivity contribution in [2.24, 2.45) is 5.84 Å². The number of hydrogen-bond donors (Lipinski definition) is 3. The fraction of sp³-hybridized carbons (Fsp3) is 0.545. The van der Waals surface area contributed by atoms with E-state index in [1.165, 1.54) is 0 Å². The molecular formula is C11H20N4O. The zero-order valence-electron chi connectivity index (χ0n) is 9.69. The van der Waals surface area contributed by atoms with Gasteiger partial charge in [0.25, 0.3) is 0 Å². The summed E-state index contributed by atoms with van der Waals surface area (Å²) in [7, 11) is 2.00. The Bertz CT molecular complexity index is 306. The van der Waals surface area contributed by atoms with Crippen LogP contribution in [0.5, 0.6) is 0 Å². The third kappa shape index (κ3) is 4.04. The lowest BCUT2D eigenvalue weighted by Gasteiger charge is -2.18. The number of aliphatic hydroxyl groups is 1. The maximum atomic E-state index is 8.67. The van der Waals surface area contributed by atoms with Crippen molar-refractivity contribution < 1.29 is 5.11 Å². The van der Waals surface area contributed by atoms with Crippen LogP contribution in [0.4, 0.5) is 11.6 Å². The highest BCUT2D eigenvalue weighted by atomic mass is 16.2. The topological polar surface area (TPSA) is 74.4 Å². The lowest BCUT2D eigenvalue weighted by Crippen LogP contribution is -2.20. The Labute approximate surface area is 96.3 Å². The van der Waals surface area contributed by atoms with Gasteiger partial charge in [-0.15, -0.1) is 0 Å². The van der Waals surface area contributed by atoms with Crippen LogP contribution in [0.1, 0.15) is 19.3 Å². The number of hydrogen-bond acceptors (Lipinski definition) is 5. The van der Waals surface area contributed by atoms with E-state index in [4.69, 9.17) is 10.9 Å². The van der Waals surface area contributed by atoms with Gasteiger partial charge in [-0.2, -0.15) is 0 Å². The number of rotatable bonds is 7. The number of nitrogens with zero attached hydrogens (tertiary/aromatic N) is 2. The van der Waals surface area contributed by atoms with Crippen molar-refractivity contribution in [1.82, 2.24) is 4.98 Å². The summed E-state index contributed by atoms with van der Waals surface area (Å²) in [5.41, 5.74) is 2.53. The summed E-state index contributed by atoms with van der Waals surface area (Å²) in [4.78, 5) is 6.41. The molecule has 1 rings (SSSR count). The van der Waals surface area contributed by atoms with Gasteiger partial charge in [0.15, 0.2) is 0 Å². The van der Waals surface area contributed by atoms with Crippen molar-refractivity contribution in [3.8, 4) is 0 Å². The molecule has 0 fully saturated rings. The second-order valence-corrected chi connectivity index (χ2v) is 3.73. The molecule has 0 unspecified atom stereocenters. The third-order valence-electron chi connectivity index (χ3n) is 2.43. The van der Waals surface area contributed by atoms with Crippen molar-refractivity contribution in [2.75, 3.05) is 30.5 Å². The van der Waals surface area contributed by atoms with E-state index >= 15 is 0 Å². The molecule has 16 heavy (non-hydrogen) atoms. The molecule has 0 bridgehead atoms. The smallest absolute Gasteiger partial charge is 0.142 e. The van der Waals surface area contributed by atoms with Gasteiger partial charge >= 0.3 is 0 Å². The molecule has 0 aliphatic heterocycles. The Hall–Kier alpha value is -1.33. The predicted molar refractivity (Wildman–Crippen MR) is 66.3 cm³/mol. The van der Waals surface area contributed by atoms with Crippen molar-refractivity contribution in [2.45, 2.75) is 19.3 Å². The first kappa shape index (κ1) is 12.7. The molecule has 1 heterocycles. The molecule has 0 aromatic carbocycles. The number of pyridine rings is 1. The van der Waals surface area contributed by atoms with E-state index in [2.05, 4.69) is 15.3 Å². The van der Waals surface area contributed by atoms with Crippen LogP contribution in [-0.2, 0) is 0 Å². The first-order chi connectivity index (χ1) is 7.77. The number of hydrazine groups is 1. The fourth-order valence-corrected chi connectivity index (χ4v) is 1.47. The van der Waals surface area contributed by atoms with Gasteiger partial charge in [0, 0.05) is 20.2 Å². The van der Waals surface area contributed by atoms with Gasteiger partial charge in [-0.05, 0) is 31.4 Å². The molecule has 0 spiro atoms. The number of unbranched alkanes of at least 4 members (excludes halogenated alkanes) is 2. The molecular weight excluding hydrogens is 204 g/mol. The van der Waals surface area contributed by atoms with Crippen LogP contribution in [-0.4, -0.2) is 30.3 Å². The summed E-state index contributed by atoms with van der Waals surface area (Å²) in [5, 5.41) is 8.67. The second kappa shape index (κ2) is 7.03. The molecule has 0 atom stereocenters. The average molecular weight is 224 g/mol. The normalized spacial score (nSPS) is 10.2. The molecule has 90 valence electrons. The molecule has 4 N–H and O–H groups in total. The monoisotopic (exact) mass is 224 g/mol. The first-order valence-corrected chi connectivity index (χ1v) is 5.53. The lowest BCUT2D eigenvalue weighted by atomic mass is 10.2. The third-order valence-corrected chi connectivity index (χ3v) is 2.43. The highest BCUT2D eigenvalue weighted by molar-refractivity contribution is 5.45. The maximum Gasteiger partial charge on any atom is 0.142 e. The fourth-order valence-electron chi connectivity index (χ4n) is 1.47. The summed E-state index contributed by atoms with van der Waals surface area (Å²) >= 11 is 0. The Morgan fingerprint density at radius 3 is 2.88 bits per heavy atom. The molecule has 0 amide bonds. The molecule has 5 heteroatoms.